The standard InChI is InChI=1S/C7H13.3C4H9.Sn/c1-3-5-7-6-4-2;3*1-3-4-2;/h1,3H,4-7H2,2H3;3*1,3-4H2,2H3;. The second kappa shape index (κ2) is 14.5. The Bertz CT molecular complexity index is 198. The Hall–Kier alpha value is 0.539. The molecule has 0 rings (SSSR count). The van der Waals surface area contributed by atoms with Gasteiger partial charge in [-0.1, -0.05) is 0 Å². The van der Waals surface area contributed by atoms with Crippen LogP contribution in [-0.4, -0.2) is 18.4 Å². The summed E-state index contributed by atoms with van der Waals surface area (Å²) in [4.78, 5) is 0. The van der Waals surface area contributed by atoms with Crippen molar-refractivity contribution in [2.24, 2.45) is 0 Å². The maximum absolute atomic E-state index is 2.84. The van der Waals surface area contributed by atoms with E-state index in [9.17, 15) is 0 Å². The average Bonchev–Trinajstić information content (AvgIpc) is 2.48. The predicted molar refractivity (Wildman–Crippen MR) is 98.2 cm³/mol. The van der Waals surface area contributed by atoms with Crippen LogP contribution in [0.3, 0.4) is 0 Å². The van der Waals surface area contributed by atoms with Gasteiger partial charge in [0.2, 0.25) is 0 Å². The van der Waals surface area contributed by atoms with Gasteiger partial charge in [0, 0.05) is 0 Å². The summed E-state index contributed by atoms with van der Waals surface area (Å²) in [6.45, 7) is 9.39. The van der Waals surface area contributed by atoms with Crippen LogP contribution in [0, 0.1) is 0 Å². The Kier molecular flexibility index (Phi) is 14.9. The molecule has 0 amide bonds. The van der Waals surface area contributed by atoms with Gasteiger partial charge < -0.3 is 0 Å². The van der Waals surface area contributed by atoms with Gasteiger partial charge in [-0.2, -0.15) is 0 Å². The molecule has 0 saturated heterocycles. The van der Waals surface area contributed by atoms with Crippen molar-refractivity contribution in [2.75, 3.05) is 0 Å². The normalized spacial score (nSPS) is 12.4. The summed E-state index contributed by atoms with van der Waals surface area (Å²) in [6, 6.07) is 0. The van der Waals surface area contributed by atoms with Gasteiger partial charge in [0.15, 0.2) is 0 Å². The predicted octanol–water partition coefficient (Wildman–Crippen LogP) is 7.51. The quantitative estimate of drug-likeness (QED) is 0.214. The van der Waals surface area contributed by atoms with Crippen LogP contribution in [0.1, 0.15) is 91.9 Å². The van der Waals surface area contributed by atoms with Gasteiger partial charge in [-0.3, -0.25) is 0 Å². The second-order valence-electron chi connectivity index (χ2n) is 6.57. The molecule has 0 aliphatic carbocycles. The van der Waals surface area contributed by atoms with Crippen molar-refractivity contribution >= 4 is 18.4 Å². The topological polar surface area (TPSA) is 0 Å². The van der Waals surface area contributed by atoms with Crippen molar-refractivity contribution in [3.8, 4) is 0 Å². The minimum atomic E-state index is -1.93. The molecule has 0 unspecified atom stereocenters. The Morgan fingerprint density at radius 3 is 1.45 bits per heavy atom. The van der Waals surface area contributed by atoms with Gasteiger partial charge in [-0.15, -0.1) is 0 Å². The van der Waals surface area contributed by atoms with E-state index in [-0.39, 0.29) is 0 Å². The van der Waals surface area contributed by atoms with Crippen LogP contribution in [0.5, 0.6) is 0 Å². The number of hydrogen-bond acceptors (Lipinski definition) is 0. The molecule has 0 aromatic carbocycles. The molecule has 0 aliphatic rings. The minimum absolute atomic E-state index is 1.34. The van der Waals surface area contributed by atoms with Crippen LogP contribution < -0.4 is 0 Å². The van der Waals surface area contributed by atoms with E-state index in [1.54, 1.807) is 13.3 Å². The molecule has 0 nitrogen and oxygen atoms in total. The van der Waals surface area contributed by atoms with E-state index in [1.807, 2.05) is 0 Å². The fraction of sp³-hybridized carbons (Fsp3) is 0.895. The molecule has 0 N–H and O–H groups in total. The third-order valence-electron chi connectivity index (χ3n) is 4.53. The van der Waals surface area contributed by atoms with Crippen LogP contribution in [0.25, 0.3) is 0 Å². The van der Waals surface area contributed by atoms with E-state index in [4.69, 9.17) is 0 Å². The van der Waals surface area contributed by atoms with E-state index < -0.39 is 18.4 Å². The first kappa shape index (κ1) is 20.5. The van der Waals surface area contributed by atoms with Crippen LogP contribution in [0.2, 0.25) is 13.3 Å². The summed E-state index contributed by atoms with van der Waals surface area (Å²) in [5.74, 6) is 0. The molecule has 120 valence electrons. The molecule has 0 heterocycles. The van der Waals surface area contributed by atoms with E-state index in [1.165, 1.54) is 64.2 Å². The van der Waals surface area contributed by atoms with E-state index in [0.717, 1.165) is 0 Å². The Balaban J connectivity index is 4.56. The van der Waals surface area contributed by atoms with Gasteiger partial charge in [0.25, 0.3) is 0 Å². The van der Waals surface area contributed by atoms with Crippen LogP contribution in [-0.2, 0) is 0 Å². The molecule has 0 aliphatic heterocycles. The monoisotopic (exact) mass is 388 g/mol. The third-order valence-corrected chi connectivity index (χ3v) is 18.8. The molecule has 20 heavy (non-hydrogen) atoms. The number of hydrogen-bond donors (Lipinski definition) is 0. The van der Waals surface area contributed by atoms with Crippen molar-refractivity contribution in [3.05, 3.63) is 10.2 Å². The van der Waals surface area contributed by atoms with E-state index in [2.05, 4.69) is 37.9 Å². The first-order valence-corrected chi connectivity index (χ1v) is 17.1. The molecule has 0 atom stereocenters. The average molecular weight is 387 g/mol. The van der Waals surface area contributed by atoms with Crippen molar-refractivity contribution in [2.45, 2.75) is 105 Å². The fourth-order valence-electron chi connectivity index (χ4n) is 3.06. The number of allylic oxidation sites excluding steroid dienone is 1. The van der Waals surface area contributed by atoms with E-state index in [0.29, 0.717) is 0 Å². The van der Waals surface area contributed by atoms with Crippen molar-refractivity contribution in [3.63, 3.8) is 0 Å². The summed E-state index contributed by atoms with van der Waals surface area (Å²) < 4.78 is 7.70. The zero-order valence-electron chi connectivity index (χ0n) is 14.8. The fourth-order valence-corrected chi connectivity index (χ4v) is 17.6. The summed E-state index contributed by atoms with van der Waals surface area (Å²) in [5, 5.41) is 0. The molecule has 0 aromatic heterocycles. The Morgan fingerprint density at radius 1 is 0.600 bits per heavy atom. The molecular formula is C19H40Sn. The number of rotatable bonds is 14. The van der Waals surface area contributed by atoms with Crippen LogP contribution >= 0.6 is 0 Å². The summed E-state index contributed by atoms with van der Waals surface area (Å²) >= 11 is -1.93. The van der Waals surface area contributed by atoms with Gasteiger partial charge in [-0.25, -0.2) is 0 Å². The third kappa shape index (κ3) is 10.3. The number of unbranched alkanes of at least 4 members (excludes halogenated alkanes) is 6. The summed E-state index contributed by atoms with van der Waals surface area (Å²) in [5.41, 5.74) is 0. The Labute approximate surface area is 133 Å². The van der Waals surface area contributed by atoms with Crippen LogP contribution in [0.4, 0.5) is 0 Å². The zero-order valence-corrected chi connectivity index (χ0v) is 17.7. The molecular weight excluding hydrogens is 347 g/mol. The Morgan fingerprint density at radius 2 is 1.05 bits per heavy atom. The molecule has 1 heteroatoms. The molecule has 0 aromatic rings. The molecule has 0 spiro atoms. The molecule has 0 radical (unpaired) electrons. The zero-order chi connectivity index (χ0) is 15.1. The van der Waals surface area contributed by atoms with Gasteiger partial charge in [-0.05, 0) is 0 Å². The first-order chi connectivity index (χ1) is 9.74. The van der Waals surface area contributed by atoms with E-state index >= 15 is 0 Å². The van der Waals surface area contributed by atoms with Crippen molar-refractivity contribution in [1.29, 1.82) is 0 Å². The van der Waals surface area contributed by atoms with Gasteiger partial charge in [0.05, 0.1) is 0 Å². The van der Waals surface area contributed by atoms with Gasteiger partial charge >= 0.3 is 134 Å². The molecule has 0 fully saturated rings. The van der Waals surface area contributed by atoms with Gasteiger partial charge in [0.1, 0.15) is 0 Å². The molecule has 0 saturated carbocycles. The first-order valence-electron chi connectivity index (χ1n) is 9.42. The molecule has 0 bridgehead atoms. The van der Waals surface area contributed by atoms with Crippen molar-refractivity contribution in [1.82, 2.24) is 0 Å². The maximum atomic E-state index is 2.84. The summed E-state index contributed by atoms with van der Waals surface area (Å²) in [6.07, 6.45) is 16.7. The van der Waals surface area contributed by atoms with Crippen LogP contribution in [0.15, 0.2) is 10.2 Å². The SMILES string of the molecule is CCCCCC=[CH][Sn]([CH2]CCC)([CH2]CCC)[CH2]CCC. The summed E-state index contributed by atoms with van der Waals surface area (Å²) in [7, 11) is 0. The van der Waals surface area contributed by atoms with Crippen molar-refractivity contribution < 1.29 is 0 Å². The second-order valence-corrected chi connectivity index (χ2v) is 19.6.